The number of rotatable bonds is 3. The molecule has 0 spiro atoms. The van der Waals surface area contributed by atoms with Crippen molar-refractivity contribution in [2.24, 2.45) is 5.92 Å². The van der Waals surface area contributed by atoms with E-state index in [2.05, 4.69) is 5.32 Å². The summed E-state index contributed by atoms with van der Waals surface area (Å²) in [5.41, 5.74) is 1.84. The third-order valence-corrected chi connectivity index (χ3v) is 3.29. The molecule has 1 saturated heterocycles. The number of nitrogens with one attached hydrogen (secondary N) is 1. The third kappa shape index (κ3) is 2.76. The molecule has 1 atom stereocenters. The summed E-state index contributed by atoms with van der Waals surface area (Å²) in [4.78, 5) is 13.5. The van der Waals surface area contributed by atoms with Gasteiger partial charge in [-0.1, -0.05) is 17.7 Å². The minimum atomic E-state index is -0.298. The van der Waals surface area contributed by atoms with Gasteiger partial charge in [-0.05, 0) is 31.7 Å². The van der Waals surface area contributed by atoms with Crippen molar-refractivity contribution in [3.63, 3.8) is 0 Å². The number of hydrogen-bond donors (Lipinski definition) is 1. The number of halogens is 1. The molecule has 1 unspecified atom stereocenters. The summed E-state index contributed by atoms with van der Waals surface area (Å²) in [5, 5.41) is 3.73. The van der Waals surface area contributed by atoms with Gasteiger partial charge in [0.2, 0.25) is 0 Å². The molecule has 0 aromatic heterocycles. The molecule has 1 amide bonds. The van der Waals surface area contributed by atoms with E-state index in [0.717, 1.165) is 17.8 Å². The number of carbonyl (C=O) groups excluding carboxylic acids is 1. The maximum absolute atomic E-state index is 11.8. The molecule has 0 bridgehead atoms. The minimum absolute atomic E-state index is 0.297. The zero-order chi connectivity index (χ0) is 13.1. The molecule has 1 N–H and O–H groups in total. The molecule has 5 heteroatoms. The average molecular weight is 269 g/mol. The van der Waals surface area contributed by atoms with Crippen LogP contribution < -0.4 is 10.2 Å². The quantitative estimate of drug-likeness (QED) is 0.916. The fraction of sp³-hybridized carbons (Fsp3) is 0.462. The highest BCUT2D eigenvalue weighted by Crippen LogP contribution is 2.27. The van der Waals surface area contributed by atoms with Crippen LogP contribution in [-0.2, 0) is 4.74 Å². The van der Waals surface area contributed by atoms with Crippen LogP contribution in [0.15, 0.2) is 18.2 Å². The van der Waals surface area contributed by atoms with Crippen LogP contribution in [0.5, 0.6) is 0 Å². The van der Waals surface area contributed by atoms with Crippen molar-refractivity contribution in [3.05, 3.63) is 28.8 Å². The van der Waals surface area contributed by atoms with Crippen LogP contribution in [0.25, 0.3) is 0 Å². The van der Waals surface area contributed by atoms with Crippen LogP contribution >= 0.6 is 11.6 Å². The maximum atomic E-state index is 11.8. The van der Waals surface area contributed by atoms with Crippen molar-refractivity contribution >= 4 is 23.4 Å². The first-order chi connectivity index (χ1) is 8.61. The van der Waals surface area contributed by atoms with E-state index in [0.29, 0.717) is 24.1 Å². The van der Waals surface area contributed by atoms with Gasteiger partial charge in [0.25, 0.3) is 0 Å². The summed E-state index contributed by atoms with van der Waals surface area (Å²) in [5.74, 6) is 0.297. The van der Waals surface area contributed by atoms with Gasteiger partial charge in [0.05, 0.1) is 12.3 Å². The number of anilines is 1. The lowest BCUT2D eigenvalue weighted by molar-refractivity contribution is 0.115. The van der Waals surface area contributed by atoms with Crippen LogP contribution in [-0.4, -0.2) is 32.8 Å². The number of nitrogens with zero attached hydrogens (tertiary/aromatic N) is 1. The van der Waals surface area contributed by atoms with Crippen molar-refractivity contribution in [1.29, 1.82) is 0 Å². The van der Waals surface area contributed by atoms with E-state index in [-0.39, 0.29) is 6.09 Å². The van der Waals surface area contributed by atoms with E-state index in [4.69, 9.17) is 16.3 Å². The number of hydrogen-bond acceptors (Lipinski definition) is 3. The number of carbonyl (C=O) groups is 1. The molecule has 98 valence electrons. The first-order valence-electron chi connectivity index (χ1n) is 5.97. The Balaban J connectivity index is 2.24. The summed E-state index contributed by atoms with van der Waals surface area (Å²) in [7, 11) is 1.89. The molecule has 1 heterocycles. The Labute approximate surface area is 112 Å². The fourth-order valence-electron chi connectivity index (χ4n) is 2.13. The highest BCUT2D eigenvalue weighted by molar-refractivity contribution is 6.31. The van der Waals surface area contributed by atoms with E-state index in [9.17, 15) is 4.79 Å². The Bertz CT molecular complexity index is 451. The normalized spacial score (nSPS) is 19.8. The van der Waals surface area contributed by atoms with Crippen molar-refractivity contribution in [2.75, 3.05) is 31.6 Å². The molecule has 1 aliphatic heterocycles. The Morgan fingerprint density at radius 2 is 2.33 bits per heavy atom. The van der Waals surface area contributed by atoms with Crippen molar-refractivity contribution < 1.29 is 9.53 Å². The van der Waals surface area contributed by atoms with Crippen LogP contribution in [0.1, 0.15) is 5.56 Å². The first-order valence-corrected chi connectivity index (χ1v) is 6.34. The number of amides is 1. The van der Waals surface area contributed by atoms with E-state index in [1.165, 1.54) is 0 Å². The Morgan fingerprint density at radius 1 is 1.56 bits per heavy atom. The first kappa shape index (κ1) is 13.2. The van der Waals surface area contributed by atoms with Crippen LogP contribution in [0.3, 0.4) is 0 Å². The van der Waals surface area contributed by atoms with Crippen LogP contribution in [0, 0.1) is 12.8 Å². The van der Waals surface area contributed by atoms with Gasteiger partial charge < -0.3 is 10.1 Å². The van der Waals surface area contributed by atoms with Crippen LogP contribution in [0.4, 0.5) is 10.5 Å². The lowest BCUT2D eigenvalue weighted by Gasteiger charge is -2.33. The number of benzene rings is 1. The highest BCUT2D eigenvalue weighted by atomic mass is 35.5. The molecule has 1 aliphatic rings. The molecule has 4 nitrogen and oxygen atoms in total. The van der Waals surface area contributed by atoms with Crippen molar-refractivity contribution in [1.82, 2.24) is 5.32 Å². The lowest BCUT2D eigenvalue weighted by atomic mass is 10.1. The van der Waals surface area contributed by atoms with Gasteiger partial charge in [0.15, 0.2) is 0 Å². The molecule has 1 aromatic rings. The SMILES string of the molecule is CNCC1COC(=O)N(c2cc(Cl)ccc2C)C1. The second kappa shape index (κ2) is 5.59. The van der Waals surface area contributed by atoms with E-state index in [1.807, 2.05) is 26.1 Å². The van der Waals surface area contributed by atoms with Gasteiger partial charge >= 0.3 is 6.09 Å². The zero-order valence-corrected chi connectivity index (χ0v) is 11.3. The van der Waals surface area contributed by atoms with Gasteiger partial charge in [-0.15, -0.1) is 0 Å². The predicted molar refractivity (Wildman–Crippen MR) is 72.3 cm³/mol. The summed E-state index contributed by atoms with van der Waals surface area (Å²) in [6.45, 7) is 3.90. The molecule has 1 aromatic carbocycles. The Morgan fingerprint density at radius 3 is 3.06 bits per heavy atom. The maximum Gasteiger partial charge on any atom is 0.414 e. The summed E-state index contributed by atoms with van der Waals surface area (Å²) < 4.78 is 5.21. The van der Waals surface area contributed by atoms with Gasteiger partial charge in [0.1, 0.15) is 0 Å². The van der Waals surface area contributed by atoms with Crippen molar-refractivity contribution in [3.8, 4) is 0 Å². The molecule has 1 fully saturated rings. The Kier molecular flexibility index (Phi) is 4.09. The average Bonchev–Trinajstić information content (AvgIpc) is 2.35. The highest BCUT2D eigenvalue weighted by Gasteiger charge is 2.28. The second-order valence-electron chi connectivity index (χ2n) is 4.54. The second-order valence-corrected chi connectivity index (χ2v) is 4.98. The lowest BCUT2D eigenvalue weighted by Crippen LogP contribution is -2.46. The molecule has 18 heavy (non-hydrogen) atoms. The summed E-state index contributed by atoms with van der Waals surface area (Å²) in [6, 6.07) is 5.54. The van der Waals surface area contributed by atoms with Gasteiger partial charge in [-0.25, -0.2) is 4.79 Å². The molecule has 0 aliphatic carbocycles. The smallest absolute Gasteiger partial charge is 0.414 e. The van der Waals surface area contributed by atoms with Gasteiger partial charge in [-0.3, -0.25) is 4.90 Å². The topological polar surface area (TPSA) is 41.6 Å². The third-order valence-electron chi connectivity index (χ3n) is 3.06. The van der Waals surface area contributed by atoms with E-state index < -0.39 is 0 Å². The standard InChI is InChI=1S/C13H17ClN2O2/c1-9-3-4-11(14)5-12(9)16-7-10(6-15-2)8-18-13(16)17/h3-5,10,15H,6-8H2,1-2H3. The van der Waals surface area contributed by atoms with E-state index >= 15 is 0 Å². The fourth-order valence-corrected chi connectivity index (χ4v) is 2.30. The minimum Gasteiger partial charge on any atom is -0.449 e. The predicted octanol–water partition coefficient (Wildman–Crippen LogP) is 2.44. The van der Waals surface area contributed by atoms with Crippen LogP contribution in [0.2, 0.25) is 5.02 Å². The van der Waals surface area contributed by atoms with Crippen molar-refractivity contribution in [2.45, 2.75) is 6.92 Å². The Hall–Kier alpha value is -1.26. The zero-order valence-electron chi connectivity index (χ0n) is 10.6. The molecule has 2 rings (SSSR count). The number of ether oxygens (including phenoxy) is 1. The molecule has 0 radical (unpaired) electrons. The van der Waals surface area contributed by atoms with Gasteiger partial charge in [-0.2, -0.15) is 0 Å². The number of aryl methyl sites for hydroxylation is 1. The van der Waals surface area contributed by atoms with E-state index in [1.54, 1.807) is 11.0 Å². The molecular formula is C13H17ClN2O2. The molecular weight excluding hydrogens is 252 g/mol. The number of cyclic esters (lactones) is 1. The van der Waals surface area contributed by atoms with Gasteiger partial charge in [0, 0.05) is 24.0 Å². The monoisotopic (exact) mass is 268 g/mol. The largest absolute Gasteiger partial charge is 0.449 e. The summed E-state index contributed by atoms with van der Waals surface area (Å²) in [6.07, 6.45) is -0.298. The summed E-state index contributed by atoms with van der Waals surface area (Å²) >= 11 is 5.99. The molecule has 0 saturated carbocycles.